The molecule has 1 saturated heterocycles. The van der Waals surface area contributed by atoms with Crippen LogP contribution in [0.15, 0.2) is 42.6 Å². The molecule has 142 valence electrons. The maximum Gasteiger partial charge on any atom is 0.416 e. The molecule has 8 heteroatoms. The number of alkyl halides is 3. The number of anilines is 1. The Morgan fingerprint density at radius 1 is 1.15 bits per heavy atom. The lowest BCUT2D eigenvalue weighted by molar-refractivity contribution is -0.137. The summed E-state index contributed by atoms with van der Waals surface area (Å²) in [7, 11) is 0. The molecule has 4 nitrogen and oxygen atoms in total. The summed E-state index contributed by atoms with van der Waals surface area (Å²) in [6.07, 6.45) is -0.435. The van der Waals surface area contributed by atoms with Crippen molar-refractivity contribution in [3.05, 3.63) is 48.2 Å². The number of aromatic nitrogens is 3. The van der Waals surface area contributed by atoms with Crippen LogP contribution in [0.25, 0.3) is 16.9 Å². The van der Waals surface area contributed by atoms with Gasteiger partial charge in [0.25, 0.3) is 0 Å². The predicted molar refractivity (Wildman–Crippen MR) is 102 cm³/mol. The first kappa shape index (κ1) is 18.2. The van der Waals surface area contributed by atoms with Crippen molar-refractivity contribution >= 4 is 23.2 Å². The van der Waals surface area contributed by atoms with E-state index in [1.807, 2.05) is 23.9 Å². The van der Waals surface area contributed by atoms with Crippen molar-refractivity contribution < 1.29 is 13.2 Å². The van der Waals surface area contributed by atoms with Gasteiger partial charge in [0, 0.05) is 12.1 Å². The van der Waals surface area contributed by atoms with Gasteiger partial charge in [-0.25, -0.2) is 9.50 Å². The van der Waals surface area contributed by atoms with Crippen LogP contribution < -0.4 is 5.32 Å². The van der Waals surface area contributed by atoms with Gasteiger partial charge in [0.1, 0.15) is 5.82 Å². The van der Waals surface area contributed by atoms with Gasteiger partial charge in [0.15, 0.2) is 5.65 Å². The third kappa shape index (κ3) is 4.05. The van der Waals surface area contributed by atoms with Gasteiger partial charge in [0.05, 0.1) is 17.5 Å². The number of halogens is 3. The molecular weight excluding hydrogens is 373 g/mol. The Bertz CT molecular complexity index is 932. The Kier molecular flexibility index (Phi) is 4.99. The number of fused-ring (bicyclic) bond motifs is 1. The van der Waals surface area contributed by atoms with Crippen LogP contribution in [0.3, 0.4) is 0 Å². The van der Waals surface area contributed by atoms with Crippen molar-refractivity contribution in [1.82, 2.24) is 14.6 Å². The topological polar surface area (TPSA) is 42.2 Å². The highest BCUT2D eigenvalue weighted by atomic mass is 32.2. The monoisotopic (exact) mass is 392 g/mol. The lowest BCUT2D eigenvalue weighted by Gasteiger charge is -2.21. The van der Waals surface area contributed by atoms with Crippen molar-refractivity contribution in [1.29, 1.82) is 0 Å². The second-order valence-electron chi connectivity index (χ2n) is 6.65. The molecule has 0 saturated carbocycles. The highest BCUT2D eigenvalue weighted by molar-refractivity contribution is 7.99. The summed E-state index contributed by atoms with van der Waals surface area (Å²) in [5.41, 5.74) is 0.890. The maximum absolute atomic E-state index is 13.0. The molecule has 0 unspecified atom stereocenters. The number of benzene rings is 1. The summed E-state index contributed by atoms with van der Waals surface area (Å²) in [5, 5.41) is 7.91. The second-order valence-corrected chi connectivity index (χ2v) is 7.87. The van der Waals surface area contributed by atoms with E-state index in [-0.39, 0.29) is 0 Å². The summed E-state index contributed by atoms with van der Waals surface area (Å²) in [5.74, 6) is 3.72. The van der Waals surface area contributed by atoms with Crippen LogP contribution >= 0.6 is 11.8 Å². The molecule has 0 spiro atoms. The molecule has 1 aliphatic heterocycles. The molecule has 2 aromatic heterocycles. The quantitative estimate of drug-likeness (QED) is 0.681. The number of nitrogens with zero attached hydrogens (tertiary/aromatic N) is 3. The van der Waals surface area contributed by atoms with Gasteiger partial charge in [-0.2, -0.15) is 24.9 Å². The number of imidazole rings is 1. The molecule has 4 rings (SSSR count). The van der Waals surface area contributed by atoms with Gasteiger partial charge in [-0.3, -0.25) is 0 Å². The van der Waals surface area contributed by atoms with E-state index in [4.69, 9.17) is 0 Å². The molecule has 0 radical (unpaired) electrons. The number of nitrogens with one attached hydrogen (secondary N) is 1. The zero-order chi connectivity index (χ0) is 18.9. The molecule has 1 aliphatic rings. The molecule has 1 N–H and O–H groups in total. The summed E-state index contributed by atoms with van der Waals surface area (Å²) >= 11 is 1.99. The third-order valence-electron chi connectivity index (χ3n) is 4.76. The van der Waals surface area contributed by atoms with E-state index in [9.17, 15) is 13.2 Å². The number of thioether (sulfide) groups is 1. The fourth-order valence-corrected chi connectivity index (χ4v) is 4.42. The van der Waals surface area contributed by atoms with Crippen molar-refractivity contribution in [2.45, 2.75) is 19.0 Å². The normalized spacial score (nSPS) is 16.0. The molecule has 0 amide bonds. The Morgan fingerprint density at radius 3 is 2.74 bits per heavy atom. The zero-order valence-corrected chi connectivity index (χ0v) is 15.4. The van der Waals surface area contributed by atoms with E-state index in [1.54, 1.807) is 16.8 Å². The van der Waals surface area contributed by atoms with E-state index in [0.29, 0.717) is 28.6 Å². The largest absolute Gasteiger partial charge is 0.416 e. The Labute approximate surface area is 159 Å². The number of rotatable bonds is 4. The standard InChI is InChI=1S/C19H19F3N4S/c20-19(21,22)15-3-1-2-14(10-15)16-12-24-18-5-4-17(25-26(16)18)23-11-13-6-8-27-9-7-13/h1-5,10,12-13H,6-9,11H2,(H,23,25). The van der Waals surface area contributed by atoms with Crippen LogP contribution in [0.4, 0.5) is 19.0 Å². The predicted octanol–water partition coefficient (Wildman–Crippen LogP) is 4.97. The lowest BCUT2D eigenvalue weighted by Crippen LogP contribution is -2.19. The minimum Gasteiger partial charge on any atom is -0.368 e. The summed E-state index contributed by atoms with van der Waals surface area (Å²) in [6, 6.07) is 8.92. The first-order chi connectivity index (χ1) is 13.0. The van der Waals surface area contributed by atoms with Crippen LogP contribution in [0.2, 0.25) is 0 Å². The fourth-order valence-electron chi connectivity index (χ4n) is 3.22. The van der Waals surface area contributed by atoms with Gasteiger partial charge in [-0.1, -0.05) is 12.1 Å². The van der Waals surface area contributed by atoms with Crippen molar-refractivity contribution in [2.75, 3.05) is 23.4 Å². The third-order valence-corrected chi connectivity index (χ3v) is 5.81. The van der Waals surface area contributed by atoms with Gasteiger partial charge in [0.2, 0.25) is 0 Å². The minimum atomic E-state index is -4.38. The van der Waals surface area contributed by atoms with Crippen LogP contribution in [0, 0.1) is 5.92 Å². The van der Waals surface area contributed by atoms with E-state index >= 15 is 0 Å². The first-order valence-electron chi connectivity index (χ1n) is 8.85. The molecular formula is C19H19F3N4S. The first-order valence-corrected chi connectivity index (χ1v) is 10.0. The van der Waals surface area contributed by atoms with Crippen molar-refractivity contribution in [3.63, 3.8) is 0 Å². The molecule has 0 bridgehead atoms. The number of hydrogen-bond acceptors (Lipinski definition) is 4. The van der Waals surface area contributed by atoms with Crippen LogP contribution in [-0.4, -0.2) is 32.6 Å². The van der Waals surface area contributed by atoms with Gasteiger partial charge in [-0.05, 0) is 54.5 Å². The van der Waals surface area contributed by atoms with Gasteiger partial charge >= 0.3 is 6.18 Å². The highest BCUT2D eigenvalue weighted by Gasteiger charge is 2.30. The molecule has 27 heavy (non-hydrogen) atoms. The van der Waals surface area contributed by atoms with E-state index in [1.165, 1.54) is 30.4 Å². The average molecular weight is 392 g/mol. The summed E-state index contributed by atoms with van der Waals surface area (Å²) < 4.78 is 40.6. The Balaban J connectivity index is 1.60. The Morgan fingerprint density at radius 2 is 1.96 bits per heavy atom. The van der Waals surface area contributed by atoms with E-state index in [2.05, 4.69) is 15.4 Å². The van der Waals surface area contributed by atoms with Gasteiger partial charge in [-0.15, -0.1) is 5.10 Å². The maximum atomic E-state index is 13.0. The fraction of sp³-hybridized carbons (Fsp3) is 0.368. The summed E-state index contributed by atoms with van der Waals surface area (Å²) in [6.45, 7) is 0.854. The molecule has 3 heterocycles. The second kappa shape index (κ2) is 7.42. The molecule has 1 fully saturated rings. The van der Waals surface area contributed by atoms with Crippen LogP contribution in [-0.2, 0) is 6.18 Å². The van der Waals surface area contributed by atoms with E-state index in [0.717, 1.165) is 18.7 Å². The molecule has 0 aliphatic carbocycles. The van der Waals surface area contributed by atoms with Gasteiger partial charge < -0.3 is 5.32 Å². The average Bonchev–Trinajstić information content (AvgIpc) is 3.10. The highest BCUT2D eigenvalue weighted by Crippen LogP contribution is 2.32. The SMILES string of the molecule is FC(F)(F)c1cccc(-c2cnc3ccc(NCC4CCSCC4)nn23)c1. The zero-order valence-electron chi connectivity index (χ0n) is 14.5. The van der Waals surface area contributed by atoms with Crippen LogP contribution in [0.1, 0.15) is 18.4 Å². The molecule has 0 atom stereocenters. The van der Waals surface area contributed by atoms with E-state index < -0.39 is 11.7 Å². The minimum absolute atomic E-state index is 0.436. The van der Waals surface area contributed by atoms with Crippen molar-refractivity contribution in [2.24, 2.45) is 5.92 Å². The summed E-state index contributed by atoms with van der Waals surface area (Å²) in [4.78, 5) is 4.27. The number of hydrogen-bond donors (Lipinski definition) is 1. The molecule has 1 aromatic carbocycles. The Hall–Kier alpha value is -2.22. The van der Waals surface area contributed by atoms with Crippen LogP contribution in [0.5, 0.6) is 0 Å². The lowest BCUT2D eigenvalue weighted by atomic mass is 10.0. The van der Waals surface area contributed by atoms with Crippen molar-refractivity contribution in [3.8, 4) is 11.3 Å². The smallest absolute Gasteiger partial charge is 0.368 e. The molecule has 3 aromatic rings.